The topological polar surface area (TPSA) is 107 Å². The van der Waals surface area contributed by atoms with Crippen LogP contribution in [0.25, 0.3) is 0 Å². The van der Waals surface area contributed by atoms with Crippen molar-refractivity contribution in [2.24, 2.45) is 0 Å². The molecule has 0 aromatic heterocycles. The highest BCUT2D eigenvalue weighted by molar-refractivity contribution is 6.48. The third kappa shape index (κ3) is 11.6. The first-order chi connectivity index (χ1) is 7.91. The van der Waals surface area contributed by atoms with Crippen LogP contribution in [0.3, 0.4) is 0 Å². The molecule has 106 valence electrons. The number of aliphatic hydroxyl groups is 2. The van der Waals surface area contributed by atoms with E-state index in [0.717, 1.165) is 12.1 Å². The highest BCUT2D eigenvalue weighted by atomic mass is 16.5. The van der Waals surface area contributed by atoms with Crippen LogP contribution in [0.1, 0.15) is 34.6 Å². The standard InChI is InChI=1S/C6H14O2.C5H9BO4/c1-5(2,7)6(3,4)8;1-2-10-5(7)3-4-6(8)9/h7-8H,1-4H3;3-4,8-9H,2H2,1H3. The van der Waals surface area contributed by atoms with Gasteiger partial charge in [0.15, 0.2) is 0 Å². The average Bonchev–Trinajstić information content (AvgIpc) is 2.13. The van der Waals surface area contributed by atoms with Gasteiger partial charge < -0.3 is 25.0 Å². The van der Waals surface area contributed by atoms with E-state index in [9.17, 15) is 4.79 Å². The summed E-state index contributed by atoms with van der Waals surface area (Å²) in [4.78, 5) is 10.4. The van der Waals surface area contributed by atoms with Gasteiger partial charge in [0.2, 0.25) is 0 Å². The van der Waals surface area contributed by atoms with Gasteiger partial charge in [0.05, 0.1) is 17.8 Å². The molecule has 0 aliphatic heterocycles. The molecule has 7 heteroatoms. The molecule has 0 bridgehead atoms. The summed E-state index contributed by atoms with van der Waals surface area (Å²) in [5, 5.41) is 34.7. The summed E-state index contributed by atoms with van der Waals surface area (Å²) in [6.07, 6.45) is 0.966. The van der Waals surface area contributed by atoms with E-state index in [0.29, 0.717) is 0 Å². The molecule has 0 amide bonds. The van der Waals surface area contributed by atoms with Crippen molar-refractivity contribution in [3.8, 4) is 0 Å². The van der Waals surface area contributed by atoms with Crippen LogP contribution in [0.2, 0.25) is 0 Å². The maximum atomic E-state index is 10.4. The van der Waals surface area contributed by atoms with Gasteiger partial charge >= 0.3 is 13.1 Å². The molecule has 6 nitrogen and oxygen atoms in total. The maximum absolute atomic E-state index is 10.4. The van der Waals surface area contributed by atoms with Crippen LogP contribution in [0.5, 0.6) is 0 Å². The summed E-state index contributed by atoms with van der Waals surface area (Å²) in [7, 11) is -1.59. The van der Waals surface area contributed by atoms with Crippen molar-refractivity contribution in [1.29, 1.82) is 0 Å². The lowest BCUT2D eigenvalue weighted by Crippen LogP contribution is -2.44. The van der Waals surface area contributed by atoms with Crippen molar-refractivity contribution in [3.63, 3.8) is 0 Å². The number of carbonyl (C=O) groups is 1. The van der Waals surface area contributed by atoms with Crippen LogP contribution in [-0.2, 0) is 9.53 Å². The molecule has 0 saturated heterocycles. The van der Waals surface area contributed by atoms with Crippen LogP contribution >= 0.6 is 0 Å². The molecule has 0 radical (unpaired) electrons. The molecule has 0 aromatic rings. The first kappa shape index (κ1) is 19.5. The first-order valence-corrected chi connectivity index (χ1v) is 5.57. The Hall–Kier alpha value is -0.885. The predicted octanol–water partition coefficient (Wildman–Crippen LogP) is -0.354. The van der Waals surface area contributed by atoms with Crippen molar-refractivity contribution >= 4 is 13.1 Å². The highest BCUT2D eigenvalue weighted by Gasteiger charge is 2.31. The summed E-state index contributed by atoms with van der Waals surface area (Å²) < 4.78 is 4.44. The SMILES string of the molecule is CC(C)(O)C(C)(C)O.CCOC(=O)C=CB(O)O. The Kier molecular flexibility index (Phi) is 8.93. The number of carbonyl (C=O) groups excluding carboxylic acids is 1. The summed E-state index contributed by atoms with van der Waals surface area (Å²) >= 11 is 0. The van der Waals surface area contributed by atoms with E-state index in [1.165, 1.54) is 0 Å². The largest absolute Gasteiger partial charge is 0.480 e. The van der Waals surface area contributed by atoms with Gasteiger partial charge in [0, 0.05) is 6.08 Å². The number of hydrogen-bond donors (Lipinski definition) is 4. The van der Waals surface area contributed by atoms with E-state index < -0.39 is 24.3 Å². The van der Waals surface area contributed by atoms with Crippen LogP contribution < -0.4 is 0 Å². The number of hydrogen-bond acceptors (Lipinski definition) is 6. The highest BCUT2D eigenvalue weighted by Crippen LogP contribution is 2.19. The molecule has 0 atom stereocenters. The van der Waals surface area contributed by atoms with Crippen LogP contribution in [0.4, 0.5) is 0 Å². The van der Waals surface area contributed by atoms with Crippen molar-refractivity contribution in [1.82, 2.24) is 0 Å². The predicted molar refractivity (Wildman–Crippen MR) is 68.6 cm³/mol. The fourth-order valence-electron chi connectivity index (χ4n) is 0.355. The zero-order valence-corrected chi connectivity index (χ0v) is 11.5. The van der Waals surface area contributed by atoms with Gasteiger partial charge in [-0.2, -0.15) is 0 Å². The summed E-state index contributed by atoms with van der Waals surface area (Å²) in [5.41, 5.74) is -2.01. The molecule has 0 heterocycles. The molecule has 0 aliphatic rings. The molecule has 0 fully saturated rings. The van der Waals surface area contributed by atoms with E-state index in [1.54, 1.807) is 34.6 Å². The normalized spacial score (nSPS) is 11.8. The van der Waals surface area contributed by atoms with E-state index in [4.69, 9.17) is 20.3 Å². The number of ether oxygens (including phenoxy) is 1. The Morgan fingerprint density at radius 3 is 1.78 bits per heavy atom. The van der Waals surface area contributed by atoms with E-state index in [1.807, 2.05) is 0 Å². The van der Waals surface area contributed by atoms with E-state index in [-0.39, 0.29) is 6.61 Å². The van der Waals surface area contributed by atoms with Crippen molar-refractivity contribution < 1.29 is 29.8 Å². The molecule has 0 aliphatic carbocycles. The Morgan fingerprint density at radius 2 is 1.56 bits per heavy atom. The minimum Gasteiger partial charge on any atom is -0.463 e. The fraction of sp³-hybridized carbons (Fsp3) is 0.727. The zero-order valence-electron chi connectivity index (χ0n) is 11.5. The van der Waals surface area contributed by atoms with Crippen molar-refractivity contribution in [2.45, 2.75) is 45.8 Å². The van der Waals surface area contributed by atoms with Crippen LogP contribution in [0, 0.1) is 0 Å². The minimum absolute atomic E-state index is 0.282. The Bertz CT molecular complexity index is 250. The quantitative estimate of drug-likeness (QED) is 0.313. The molecular weight excluding hydrogens is 239 g/mol. The third-order valence-corrected chi connectivity index (χ3v) is 2.19. The van der Waals surface area contributed by atoms with Gasteiger partial charge in [-0.05, 0) is 40.6 Å². The maximum Gasteiger partial charge on any atom is 0.480 e. The summed E-state index contributed by atoms with van der Waals surface area (Å²) in [6.45, 7) is 8.26. The molecule has 0 unspecified atom stereocenters. The van der Waals surface area contributed by atoms with Crippen LogP contribution in [0.15, 0.2) is 12.1 Å². The van der Waals surface area contributed by atoms with Gasteiger partial charge in [-0.15, -0.1) is 0 Å². The molecule has 0 rings (SSSR count). The summed E-state index contributed by atoms with van der Waals surface area (Å²) in [5.74, 6) is 0.355. The van der Waals surface area contributed by atoms with Crippen molar-refractivity contribution in [2.75, 3.05) is 6.61 Å². The second kappa shape index (κ2) is 8.26. The third-order valence-electron chi connectivity index (χ3n) is 2.19. The lowest BCUT2D eigenvalue weighted by molar-refractivity contribution is -0.137. The number of rotatable bonds is 4. The fourth-order valence-corrected chi connectivity index (χ4v) is 0.355. The lowest BCUT2D eigenvalue weighted by atomic mass is 9.90. The number of esters is 1. The molecule has 0 saturated carbocycles. The van der Waals surface area contributed by atoms with E-state index in [2.05, 4.69) is 4.74 Å². The van der Waals surface area contributed by atoms with Gasteiger partial charge in [-0.25, -0.2) is 4.79 Å². The van der Waals surface area contributed by atoms with Gasteiger partial charge in [-0.1, -0.05) is 0 Å². The molecule has 18 heavy (non-hydrogen) atoms. The van der Waals surface area contributed by atoms with Gasteiger partial charge in [-0.3, -0.25) is 0 Å². The molecule has 4 N–H and O–H groups in total. The summed E-state index contributed by atoms with van der Waals surface area (Å²) in [6, 6.07) is 0. The Balaban J connectivity index is 0. The van der Waals surface area contributed by atoms with Crippen molar-refractivity contribution in [3.05, 3.63) is 12.1 Å². The van der Waals surface area contributed by atoms with Gasteiger partial charge in [0.25, 0.3) is 0 Å². The molecule has 0 spiro atoms. The second-order valence-corrected chi connectivity index (χ2v) is 4.64. The molecular formula is C11H23BO6. The lowest BCUT2D eigenvalue weighted by Gasteiger charge is -2.31. The monoisotopic (exact) mass is 262 g/mol. The van der Waals surface area contributed by atoms with Gasteiger partial charge in [0.1, 0.15) is 0 Å². The first-order valence-electron chi connectivity index (χ1n) is 5.57. The molecule has 0 aromatic carbocycles. The Morgan fingerprint density at radius 1 is 1.17 bits per heavy atom. The Labute approximate surface area is 108 Å². The zero-order chi connectivity index (χ0) is 15.0. The smallest absolute Gasteiger partial charge is 0.463 e. The average molecular weight is 262 g/mol. The minimum atomic E-state index is -1.59. The van der Waals surface area contributed by atoms with E-state index >= 15 is 0 Å². The second-order valence-electron chi connectivity index (χ2n) is 4.64. The van der Waals surface area contributed by atoms with Crippen LogP contribution in [-0.4, -0.2) is 51.2 Å².